The number of likely N-dealkylation sites (N-methyl/N-ethyl adjacent to an activating group) is 1. The molecule has 1 amide bonds. The van der Waals surface area contributed by atoms with Crippen molar-refractivity contribution in [2.45, 2.75) is 12.5 Å². The minimum absolute atomic E-state index is 0.0321. The molecule has 5 nitrogen and oxygen atoms in total. The minimum Gasteiger partial charge on any atom is -0.384 e. The summed E-state index contributed by atoms with van der Waals surface area (Å²) in [5.74, 6) is 0.240. The lowest BCUT2D eigenvalue weighted by Crippen LogP contribution is -2.34. The molecule has 1 aromatic rings. The maximum absolute atomic E-state index is 12.3. The molecule has 0 aromatic carbocycles. The van der Waals surface area contributed by atoms with E-state index in [9.17, 15) is 4.79 Å². The standard InChI is InChI=1S/C12H17ClN4O/c1-16(2)9-3-4-17(7-9)12(18)8-5-10(13)15-11(14)6-8/h5-6,9H,3-4,7H2,1-2H3,(H2,14,15). The molecule has 1 fully saturated rings. The number of carbonyl (C=O) groups excluding carboxylic acids is 1. The smallest absolute Gasteiger partial charge is 0.254 e. The number of halogens is 1. The molecule has 1 atom stereocenters. The van der Waals surface area contributed by atoms with E-state index in [0.717, 1.165) is 19.5 Å². The molecule has 0 saturated carbocycles. The molecule has 1 aromatic heterocycles. The van der Waals surface area contributed by atoms with E-state index in [1.54, 1.807) is 12.1 Å². The van der Waals surface area contributed by atoms with E-state index < -0.39 is 0 Å². The molecule has 0 aliphatic carbocycles. The average molecular weight is 269 g/mol. The Kier molecular flexibility index (Phi) is 3.73. The van der Waals surface area contributed by atoms with Gasteiger partial charge in [-0.05, 0) is 32.6 Å². The number of amides is 1. The average Bonchev–Trinajstić information content (AvgIpc) is 2.75. The number of pyridine rings is 1. The van der Waals surface area contributed by atoms with Crippen molar-refractivity contribution in [1.29, 1.82) is 0 Å². The quantitative estimate of drug-likeness (QED) is 0.816. The van der Waals surface area contributed by atoms with E-state index in [1.165, 1.54) is 0 Å². The van der Waals surface area contributed by atoms with Gasteiger partial charge >= 0.3 is 0 Å². The highest BCUT2D eigenvalue weighted by atomic mass is 35.5. The van der Waals surface area contributed by atoms with Crippen molar-refractivity contribution >= 4 is 23.3 Å². The molecule has 98 valence electrons. The lowest BCUT2D eigenvalue weighted by Gasteiger charge is -2.20. The third kappa shape index (κ3) is 2.73. The third-order valence-corrected chi connectivity index (χ3v) is 3.44. The van der Waals surface area contributed by atoms with Gasteiger partial charge in [-0.1, -0.05) is 11.6 Å². The van der Waals surface area contributed by atoms with Crippen LogP contribution in [0.4, 0.5) is 5.82 Å². The first-order chi connectivity index (χ1) is 8.47. The molecule has 6 heteroatoms. The van der Waals surface area contributed by atoms with Crippen LogP contribution in [0.5, 0.6) is 0 Å². The zero-order chi connectivity index (χ0) is 13.3. The second-order valence-electron chi connectivity index (χ2n) is 4.76. The van der Waals surface area contributed by atoms with Crippen LogP contribution in [-0.2, 0) is 0 Å². The van der Waals surface area contributed by atoms with Crippen LogP contribution in [-0.4, -0.2) is 53.9 Å². The molecule has 1 unspecified atom stereocenters. The van der Waals surface area contributed by atoms with Crippen molar-refractivity contribution in [3.05, 3.63) is 22.8 Å². The van der Waals surface area contributed by atoms with Crippen molar-refractivity contribution in [2.75, 3.05) is 32.9 Å². The van der Waals surface area contributed by atoms with Crippen LogP contribution in [0.15, 0.2) is 12.1 Å². The number of rotatable bonds is 2. The van der Waals surface area contributed by atoms with Crippen LogP contribution < -0.4 is 5.73 Å². The van der Waals surface area contributed by atoms with E-state index in [2.05, 4.69) is 9.88 Å². The summed E-state index contributed by atoms with van der Waals surface area (Å²) in [5.41, 5.74) is 6.10. The van der Waals surface area contributed by atoms with Crippen molar-refractivity contribution in [2.24, 2.45) is 0 Å². The van der Waals surface area contributed by atoms with Crippen LogP contribution >= 0.6 is 11.6 Å². The Morgan fingerprint density at radius 1 is 1.56 bits per heavy atom. The van der Waals surface area contributed by atoms with Crippen LogP contribution in [0.3, 0.4) is 0 Å². The maximum Gasteiger partial charge on any atom is 0.254 e. The number of nitrogen functional groups attached to an aromatic ring is 1. The summed E-state index contributed by atoms with van der Waals surface area (Å²) in [5, 5.41) is 0.252. The maximum atomic E-state index is 12.3. The van der Waals surface area contributed by atoms with Gasteiger partial charge in [0.05, 0.1) is 0 Å². The van der Waals surface area contributed by atoms with Crippen molar-refractivity contribution < 1.29 is 4.79 Å². The molecule has 0 spiro atoms. The van der Waals surface area contributed by atoms with Crippen molar-refractivity contribution in [3.63, 3.8) is 0 Å². The van der Waals surface area contributed by atoms with E-state index in [4.69, 9.17) is 17.3 Å². The zero-order valence-corrected chi connectivity index (χ0v) is 11.3. The Morgan fingerprint density at radius 3 is 2.83 bits per heavy atom. The van der Waals surface area contributed by atoms with Gasteiger partial charge in [-0.25, -0.2) is 4.98 Å². The Bertz CT molecular complexity index is 443. The minimum atomic E-state index is -0.0321. The molecule has 1 saturated heterocycles. The van der Waals surface area contributed by atoms with Gasteiger partial charge in [0.1, 0.15) is 11.0 Å². The highest BCUT2D eigenvalue weighted by Gasteiger charge is 2.28. The van der Waals surface area contributed by atoms with Crippen molar-refractivity contribution in [3.8, 4) is 0 Å². The second kappa shape index (κ2) is 5.12. The van der Waals surface area contributed by atoms with Crippen LogP contribution in [0.2, 0.25) is 5.15 Å². The molecule has 2 heterocycles. The summed E-state index contributed by atoms with van der Waals surface area (Å²) in [4.78, 5) is 20.1. The lowest BCUT2D eigenvalue weighted by atomic mass is 10.2. The molecule has 18 heavy (non-hydrogen) atoms. The van der Waals surface area contributed by atoms with E-state index >= 15 is 0 Å². The first-order valence-electron chi connectivity index (χ1n) is 5.86. The van der Waals surface area contributed by atoms with Crippen LogP contribution in [0, 0.1) is 0 Å². The van der Waals surface area contributed by atoms with Gasteiger partial charge in [0.25, 0.3) is 5.91 Å². The third-order valence-electron chi connectivity index (χ3n) is 3.24. The van der Waals surface area contributed by atoms with Gasteiger partial charge in [-0.15, -0.1) is 0 Å². The predicted octanol–water partition coefficient (Wildman–Crippen LogP) is 1.09. The fourth-order valence-corrected chi connectivity index (χ4v) is 2.39. The number of carbonyl (C=O) groups is 1. The second-order valence-corrected chi connectivity index (χ2v) is 5.15. The SMILES string of the molecule is CN(C)C1CCN(C(=O)c2cc(N)nc(Cl)c2)C1. The van der Waals surface area contributed by atoms with Crippen molar-refractivity contribution in [1.82, 2.24) is 14.8 Å². The van der Waals surface area contributed by atoms with Gasteiger partial charge in [-0.2, -0.15) is 0 Å². The number of anilines is 1. The predicted molar refractivity (Wildman–Crippen MR) is 71.7 cm³/mol. The largest absolute Gasteiger partial charge is 0.384 e. The van der Waals surface area contributed by atoms with Gasteiger partial charge in [0.15, 0.2) is 0 Å². The number of nitrogens with two attached hydrogens (primary N) is 1. The molecular formula is C12H17ClN4O. The summed E-state index contributed by atoms with van der Waals surface area (Å²) in [6.07, 6.45) is 0.993. The summed E-state index contributed by atoms with van der Waals surface area (Å²) in [6, 6.07) is 3.55. The number of hydrogen-bond donors (Lipinski definition) is 1. The molecule has 1 aliphatic rings. The van der Waals surface area contributed by atoms with Gasteiger partial charge < -0.3 is 15.5 Å². The number of aromatic nitrogens is 1. The molecular weight excluding hydrogens is 252 g/mol. The fraction of sp³-hybridized carbons (Fsp3) is 0.500. The number of hydrogen-bond acceptors (Lipinski definition) is 4. The fourth-order valence-electron chi connectivity index (χ4n) is 2.17. The molecule has 0 bridgehead atoms. The Labute approximate surface area is 112 Å². The summed E-state index contributed by atoms with van der Waals surface area (Å²) in [6.45, 7) is 1.51. The van der Waals surface area contributed by atoms with E-state index in [1.807, 2.05) is 19.0 Å². The summed E-state index contributed by atoms with van der Waals surface area (Å²) < 4.78 is 0. The van der Waals surface area contributed by atoms with Gasteiger partial charge in [0.2, 0.25) is 0 Å². The molecule has 0 radical (unpaired) electrons. The number of likely N-dealkylation sites (tertiary alicyclic amines) is 1. The van der Waals surface area contributed by atoms with Crippen LogP contribution in [0.25, 0.3) is 0 Å². The Balaban J connectivity index is 2.12. The lowest BCUT2D eigenvalue weighted by molar-refractivity contribution is 0.0783. The number of nitrogens with zero attached hydrogens (tertiary/aromatic N) is 3. The normalized spacial score (nSPS) is 19.6. The summed E-state index contributed by atoms with van der Waals surface area (Å²) in [7, 11) is 4.06. The monoisotopic (exact) mass is 268 g/mol. The molecule has 1 aliphatic heterocycles. The highest BCUT2D eigenvalue weighted by molar-refractivity contribution is 6.29. The van der Waals surface area contributed by atoms with Gasteiger partial charge in [0, 0.05) is 24.7 Å². The first kappa shape index (κ1) is 13.1. The topological polar surface area (TPSA) is 62.5 Å². The zero-order valence-electron chi connectivity index (χ0n) is 10.6. The van der Waals surface area contributed by atoms with Crippen LogP contribution in [0.1, 0.15) is 16.8 Å². The Hall–Kier alpha value is -1.33. The summed E-state index contributed by atoms with van der Waals surface area (Å²) >= 11 is 5.81. The highest BCUT2D eigenvalue weighted by Crippen LogP contribution is 2.19. The molecule has 2 rings (SSSR count). The van der Waals surface area contributed by atoms with E-state index in [0.29, 0.717) is 11.6 Å². The van der Waals surface area contributed by atoms with E-state index in [-0.39, 0.29) is 16.9 Å². The van der Waals surface area contributed by atoms with Gasteiger partial charge in [-0.3, -0.25) is 4.79 Å². The Morgan fingerprint density at radius 2 is 2.28 bits per heavy atom. The first-order valence-corrected chi connectivity index (χ1v) is 6.24. The molecule has 2 N–H and O–H groups in total.